The molecule has 0 aromatic carbocycles. The fourth-order valence-corrected chi connectivity index (χ4v) is 3.16. The van der Waals surface area contributed by atoms with Crippen LogP contribution in [-0.4, -0.2) is 16.8 Å². The number of thioether (sulfide) groups is 1. The molecule has 0 nitrogen and oxygen atoms in total. The summed E-state index contributed by atoms with van der Waals surface area (Å²) >= 11 is 6.53. The van der Waals surface area contributed by atoms with Crippen LogP contribution >= 0.6 is 24.4 Å². The lowest BCUT2D eigenvalue weighted by Crippen LogP contribution is -2.18. The van der Waals surface area contributed by atoms with Gasteiger partial charge in [0.05, 0.1) is 0 Å². The molecule has 0 atom stereocenters. The normalized spacial score (nSPS) is 20.2. The van der Waals surface area contributed by atoms with Gasteiger partial charge in [-0.2, -0.15) is 24.4 Å². The highest BCUT2D eigenvalue weighted by molar-refractivity contribution is 7.99. The summed E-state index contributed by atoms with van der Waals surface area (Å²) in [5.41, 5.74) is 0.427. The van der Waals surface area contributed by atoms with Gasteiger partial charge in [-0.1, -0.05) is 26.7 Å². The van der Waals surface area contributed by atoms with Gasteiger partial charge < -0.3 is 0 Å². The van der Waals surface area contributed by atoms with Crippen LogP contribution in [0.1, 0.15) is 39.5 Å². The standard InChI is InChI=1S/C10H20S2/c1-10(2,7-11)8-12-9-5-3-4-6-9/h9,11H,3-8H2,1-2H3. The van der Waals surface area contributed by atoms with E-state index in [1.165, 1.54) is 31.4 Å². The van der Waals surface area contributed by atoms with Crippen LogP contribution in [0.2, 0.25) is 0 Å². The molecule has 1 fully saturated rings. The highest BCUT2D eigenvalue weighted by atomic mass is 32.2. The Bertz CT molecular complexity index is 126. The molecule has 1 rings (SSSR count). The lowest BCUT2D eigenvalue weighted by atomic mass is 10.0. The quantitative estimate of drug-likeness (QED) is 0.683. The molecule has 0 bridgehead atoms. The van der Waals surface area contributed by atoms with Crippen molar-refractivity contribution < 1.29 is 0 Å². The van der Waals surface area contributed by atoms with Crippen molar-refractivity contribution in [2.24, 2.45) is 5.41 Å². The summed E-state index contributed by atoms with van der Waals surface area (Å²) in [6.45, 7) is 4.61. The maximum atomic E-state index is 4.36. The third-order valence-corrected chi connectivity index (χ3v) is 5.19. The van der Waals surface area contributed by atoms with Gasteiger partial charge >= 0.3 is 0 Å². The molecule has 0 aromatic rings. The molecule has 1 aliphatic rings. The van der Waals surface area contributed by atoms with Crippen LogP contribution < -0.4 is 0 Å². The van der Waals surface area contributed by atoms with E-state index in [0.717, 1.165) is 11.0 Å². The average Bonchev–Trinajstić information content (AvgIpc) is 2.53. The fourth-order valence-electron chi connectivity index (χ4n) is 1.44. The second-order valence-corrected chi connectivity index (χ2v) is 6.14. The van der Waals surface area contributed by atoms with Crippen molar-refractivity contribution in [2.75, 3.05) is 11.5 Å². The zero-order valence-corrected chi connectivity index (χ0v) is 9.89. The molecule has 0 spiro atoms. The molecular formula is C10H20S2. The second kappa shape index (κ2) is 4.80. The average molecular weight is 204 g/mol. The maximum absolute atomic E-state index is 4.36. The summed E-state index contributed by atoms with van der Waals surface area (Å²) in [6.07, 6.45) is 5.82. The van der Waals surface area contributed by atoms with Crippen molar-refractivity contribution in [1.82, 2.24) is 0 Å². The highest BCUT2D eigenvalue weighted by Crippen LogP contribution is 2.33. The molecule has 72 valence electrons. The maximum Gasteiger partial charge on any atom is 0.00472 e. The van der Waals surface area contributed by atoms with Gasteiger partial charge in [-0.3, -0.25) is 0 Å². The molecule has 2 heteroatoms. The number of hydrogen-bond donors (Lipinski definition) is 1. The van der Waals surface area contributed by atoms with E-state index in [-0.39, 0.29) is 0 Å². The Hall–Kier alpha value is 0.700. The molecule has 1 aliphatic carbocycles. The van der Waals surface area contributed by atoms with Gasteiger partial charge in [0.25, 0.3) is 0 Å². The van der Waals surface area contributed by atoms with E-state index in [0.29, 0.717) is 5.41 Å². The minimum atomic E-state index is 0.427. The molecule has 1 saturated carbocycles. The summed E-state index contributed by atoms with van der Waals surface area (Å²) in [7, 11) is 0. The SMILES string of the molecule is CC(C)(CS)CSC1CCCC1. The smallest absolute Gasteiger partial charge is 0.00472 e. The summed E-state index contributed by atoms with van der Waals surface area (Å²) in [4.78, 5) is 0. The van der Waals surface area contributed by atoms with Crippen LogP contribution in [0.3, 0.4) is 0 Å². The van der Waals surface area contributed by atoms with E-state index >= 15 is 0 Å². The van der Waals surface area contributed by atoms with Crippen molar-refractivity contribution in [2.45, 2.75) is 44.8 Å². The van der Waals surface area contributed by atoms with Crippen LogP contribution in [0, 0.1) is 5.41 Å². The first kappa shape index (κ1) is 10.8. The first-order valence-electron chi connectivity index (χ1n) is 4.86. The van der Waals surface area contributed by atoms with Crippen molar-refractivity contribution in [3.05, 3.63) is 0 Å². The second-order valence-electron chi connectivity index (χ2n) is 4.54. The van der Waals surface area contributed by atoms with Gasteiger partial charge in [0.15, 0.2) is 0 Å². The molecule has 0 aliphatic heterocycles. The Labute approximate surface area is 86.3 Å². The van der Waals surface area contributed by atoms with Crippen molar-refractivity contribution in [3.8, 4) is 0 Å². The third kappa shape index (κ3) is 3.61. The number of rotatable bonds is 4. The van der Waals surface area contributed by atoms with Gasteiger partial charge in [-0.25, -0.2) is 0 Å². The minimum Gasteiger partial charge on any atom is -0.179 e. The van der Waals surface area contributed by atoms with Crippen molar-refractivity contribution in [3.63, 3.8) is 0 Å². The molecule has 0 aromatic heterocycles. The minimum absolute atomic E-state index is 0.427. The van der Waals surface area contributed by atoms with Gasteiger partial charge in [-0.15, -0.1) is 0 Å². The van der Waals surface area contributed by atoms with E-state index in [1.54, 1.807) is 0 Å². The monoisotopic (exact) mass is 204 g/mol. The molecule has 0 N–H and O–H groups in total. The zero-order chi connectivity index (χ0) is 9.03. The number of thiol groups is 1. The Morgan fingerprint density at radius 2 is 1.92 bits per heavy atom. The molecule has 12 heavy (non-hydrogen) atoms. The molecular weight excluding hydrogens is 184 g/mol. The van der Waals surface area contributed by atoms with Gasteiger partial charge in [-0.05, 0) is 29.8 Å². The lowest BCUT2D eigenvalue weighted by Gasteiger charge is -2.23. The van der Waals surface area contributed by atoms with E-state index in [4.69, 9.17) is 0 Å². The molecule has 0 saturated heterocycles. The Kier molecular flexibility index (Phi) is 4.31. The molecule has 0 radical (unpaired) electrons. The zero-order valence-electron chi connectivity index (χ0n) is 8.18. The van der Waals surface area contributed by atoms with Gasteiger partial charge in [0.2, 0.25) is 0 Å². The Balaban J connectivity index is 2.15. The lowest BCUT2D eigenvalue weighted by molar-refractivity contribution is 0.492. The largest absolute Gasteiger partial charge is 0.179 e. The van der Waals surface area contributed by atoms with E-state index in [2.05, 4.69) is 38.2 Å². The first-order valence-corrected chi connectivity index (χ1v) is 6.55. The van der Waals surface area contributed by atoms with Gasteiger partial charge in [0.1, 0.15) is 0 Å². The van der Waals surface area contributed by atoms with E-state index in [9.17, 15) is 0 Å². The molecule has 0 unspecified atom stereocenters. The third-order valence-electron chi connectivity index (χ3n) is 2.44. The highest BCUT2D eigenvalue weighted by Gasteiger charge is 2.21. The molecule has 0 heterocycles. The predicted molar refractivity (Wildman–Crippen MR) is 62.3 cm³/mol. The van der Waals surface area contributed by atoms with E-state index < -0.39 is 0 Å². The Morgan fingerprint density at radius 1 is 1.33 bits per heavy atom. The predicted octanol–water partition coefficient (Wildman–Crippen LogP) is 3.62. The number of hydrogen-bond acceptors (Lipinski definition) is 2. The van der Waals surface area contributed by atoms with Crippen molar-refractivity contribution in [1.29, 1.82) is 0 Å². The summed E-state index contributed by atoms with van der Waals surface area (Å²) < 4.78 is 0. The summed E-state index contributed by atoms with van der Waals surface area (Å²) in [5, 5.41) is 0.962. The van der Waals surface area contributed by atoms with Gasteiger partial charge in [0, 0.05) is 5.25 Å². The fraction of sp³-hybridized carbons (Fsp3) is 1.00. The summed E-state index contributed by atoms with van der Waals surface area (Å²) in [6, 6.07) is 0. The first-order chi connectivity index (χ1) is 5.64. The van der Waals surface area contributed by atoms with E-state index in [1.807, 2.05) is 0 Å². The van der Waals surface area contributed by atoms with Crippen LogP contribution in [0.4, 0.5) is 0 Å². The van der Waals surface area contributed by atoms with Crippen LogP contribution in [0.15, 0.2) is 0 Å². The topological polar surface area (TPSA) is 0 Å². The van der Waals surface area contributed by atoms with Crippen LogP contribution in [0.25, 0.3) is 0 Å². The van der Waals surface area contributed by atoms with Crippen LogP contribution in [-0.2, 0) is 0 Å². The van der Waals surface area contributed by atoms with Crippen LogP contribution in [0.5, 0.6) is 0 Å². The summed E-state index contributed by atoms with van der Waals surface area (Å²) in [5.74, 6) is 2.29. The molecule has 0 amide bonds. The Morgan fingerprint density at radius 3 is 2.42 bits per heavy atom. The van der Waals surface area contributed by atoms with Crippen molar-refractivity contribution >= 4 is 24.4 Å².